The summed E-state index contributed by atoms with van der Waals surface area (Å²) in [6.45, 7) is 2.16. The van der Waals surface area contributed by atoms with Crippen molar-refractivity contribution < 1.29 is 14.3 Å². The van der Waals surface area contributed by atoms with Gasteiger partial charge in [0.15, 0.2) is 0 Å². The Hall–Kier alpha value is -3.02. The number of amides is 2. The molecule has 26 heavy (non-hydrogen) atoms. The number of hydrogen-bond donors (Lipinski definition) is 2. The first-order valence-corrected chi connectivity index (χ1v) is 8.73. The fourth-order valence-corrected chi connectivity index (χ4v) is 2.96. The minimum atomic E-state index is -0.360. The third kappa shape index (κ3) is 4.75. The Morgan fingerprint density at radius 3 is 1.88 bits per heavy atom. The second-order valence-corrected chi connectivity index (χ2v) is 6.24. The van der Waals surface area contributed by atoms with Crippen LogP contribution in [0.3, 0.4) is 0 Å². The number of nitrogens with one attached hydrogen (secondary N) is 2. The summed E-state index contributed by atoms with van der Waals surface area (Å²) in [5.41, 5.74) is 2.48. The average molecular weight is 353 g/mol. The highest BCUT2D eigenvalue weighted by Crippen LogP contribution is 2.22. The van der Waals surface area contributed by atoms with Gasteiger partial charge in [-0.1, -0.05) is 0 Å². The van der Waals surface area contributed by atoms with Gasteiger partial charge < -0.3 is 20.3 Å². The topological polar surface area (TPSA) is 70.7 Å². The van der Waals surface area contributed by atoms with Crippen LogP contribution in [0.2, 0.25) is 0 Å². The number of rotatable bonds is 6. The number of nitrogens with zero attached hydrogens (tertiary/aromatic N) is 1. The van der Waals surface area contributed by atoms with Crippen LogP contribution in [-0.4, -0.2) is 32.0 Å². The van der Waals surface area contributed by atoms with E-state index in [1.165, 1.54) is 12.8 Å². The lowest BCUT2D eigenvalue weighted by Gasteiger charge is -2.17. The molecule has 0 bridgehead atoms. The first-order chi connectivity index (χ1) is 12.6. The van der Waals surface area contributed by atoms with Crippen molar-refractivity contribution in [2.45, 2.75) is 19.3 Å². The molecule has 1 saturated heterocycles. The van der Waals surface area contributed by atoms with Crippen LogP contribution in [0.1, 0.15) is 19.3 Å². The Balaban J connectivity index is 1.48. The highest BCUT2D eigenvalue weighted by molar-refractivity contribution is 6.08. The van der Waals surface area contributed by atoms with E-state index < -0.39 is 0 Å². The Labute approximate surface area is 153 Å². The molecule has 0 atom stereocenters. The minimum absolute atomic E-state index is 0.236. The van der Waals surface area contributed by atoms with Gasteiger partial charge in [-0.3, -0.25) is 9.59 Å². The van der Waals surface area contributed by atoms with Crippen molar-refractivity contribution in [3.8, 4) is 5.75 Å². The number of methoxy groups -OCH3 is 1. The summed E-state index contributed by atoms with van der Waals surface area (Å²) in [4.78, 5) is 26.4. The van der Waals surface area contributed by atoms with Crippen LogP contribution in [0.15, 0.2) is 48.5 Å². The highest BCUT2D eigenvalue weighted by atomic mass is 16.5. The lowest BCUT2D eigenvalue weighted by atomic mass is 10.2. The van der Waals surface area contributed by atoms with Gasteiger partial charge in [-0.15, -0.1) is 0 Å². The number of carbonyl (C=O) groups excluding carboxylic acids is 2. The fourth-order valence-electron chi connectivity index (χ4n) is 2.96. The van der Waals surface area contributed by atoms with Crippen molar-refractivity contribution >= 4 is 28.9 Å². The van der Waals surface area contributed by atoms with Gasteiger partial charge in [0.2, 0.25) is 11.8 Å². The zero-order chi connectivity index (χ0) is 18.4. The smallest absolute Gasteiger partial charge is 0.233 e. The first kappa shape index (κ1) is 17.8. The maximum absolute atomic E-state index is 12.1. The molecule has 6 heteroatoms. The molecule has 0 aromatic heterocycles. The molecule has 1 heterocycles. The molecule has 1 aliphatic heterocycles. The largest absolute Gasteiger partial charge is 0.497 e. The molecule has 3 rings (SSSR count). The van der Waals surface area contributed by atoms with E-state index in [9.17, 15) is 9.59 Å². The Morgan fingerprint density at radius 1 is 0.885 bits per heavy atom. The zero-order valence-corrected chi connectivity index (χ0v) is 14.8. The van der Waals surface area contributed by atoms with E-state index in [1.807, 2.05) is 24.3 Å². The molecule has 0 unspecified atom stereocenters. The van der Waals surface area contributed by atoms with Gasteiger partial charge in [-0.25, -0.2) is 0 Å². The summed E-state index contributed by atoms with van der Waals surface area (Å²) < 4.78 is 5.07. The molecule has 0 radical (unpaired) electrons. The summed E-state index contributed by atoms with van der Waals surface area (Å²) in [5, 5.41) is 5.45. The van der Waals surface area contributed by atoms with Gasteiger partial charge in [0, 0.05) is 30.2 Å². The quantitative estimate of drug-likeness (QED) is 0.782. The maximum atomic E-state index is 12.1. The molecule has 2 aromatic rings. The van der Waals surface area contributed by atoms with Gasteiger partial charge in [-0.2, -0.15) is 0 Å². The molecule has 136 valence electrons. The predicted octanol–water partition coefficient (Wildman–Crippen LogP) is 3.26. The van der Waals surface area contributed by atoms with Crippen LogP contribution in [0.25, 0.3) is 0 Å². The normalized spacial score (nSPS) is 13.3. The lowest BCUT2D eigenvalue weighted by molar-refractivity contribution is -0.123. The van der Waals surface area contributed by atoms with E-state index in [0.717, 1.165) is 18.8 Å². The Kier molecular flexibility index (Phi) is 5.73. The molecule has 1 fully saturated rings. The van der Waals surface area contributed by atoms with Crippen LogP contribution in [0.5, 0.6) is 5.75 Å². The predicted molar refractivity (Wildman–Crippen MR) is 103 cm³/mol. The molecule has 0 aliphatic carbocycles. The molecular formula is C20H23N3O3. The summed E-state index contributed by atoms with van der Waals surface area (Å²) in [6.07, 6.45) is 2.21. The Bertz CT molecular complexity index is 751. The molecule has 2 aromatic carbocycles. The van der Waals surface area contributed by atoms with Gasteiger partial charge in [0.25, 0.3) is 0 Å². The van der Waals surface area contributed by atoms with Crippen LogP contribution in [-0.2, 0) is 9.59 Å². The summed E-state index contributed by atoms with van der Waals surface area (Å²) in [5.74, 6) is 0.00408. The number of anilines is 3. The molecular weight excluding hydrogens is 330 g/mol. The maximum Gasteiger partial charge on any atom is 0.233 e. The number of hydrogen-bond acceptors (Lipinski definition) is 4. The van der Waals surface area contributed by atoms with Crippen molar-refractivity contribution in [2.75, 3.05) is 35.7 Å². The van der Waals surface area contributed by atoms with Crippen LogP contribution >= 0.6 is 0 Å². The van der Waals surface area contributed by atoms with Gasteiger partial charge in [-0.05, 0) is 61.4 Å². The highest BCUT2D eigenvalue weighted by Gasteiger charge is 2.13. The van der Waals surface area contributed by atoms with Crippen LogP contribution in [0.4, 0.5) is 17.1 Å². The van der Waals surface area contributed by atoms with E-state index in [-0.39, 0.29) is 18.2 Å². The molecule has 6 nitrogen and oxygen atoms in total. The third-order valence-corrected chi connectivity index (χ3v) is 4.32. The van der Waals surface area contributed by atoms with Gasteiger partial charge in [0.05, 0.1) is 7.11 Å². The van der Waals surface area contributed by atoms with Crippen molar-refractivity contribution in [1.82, 2.24) is 0 Å². The van der Waals surface area contributed by atoms with Crippen molar-refractivity contribution in [1.29, 1.82) is 0 Å². The van der Waals surface area contributed by atoms with Gasteiger partial charge in [0.1, 0.15) is 12.2 Å². The van der Waals surface area contributed by atoms with E-state index >= 15 is 0 Å². The van der Waals surface area contributed by atoms with Crippen LogP contribution in [0, 0.1) is 0 Å². The van der Waals surface area contributed by atoms with Crippen molar-refractivity contribution in [3.05, 3.63) is 48.5 Å². The van der Waals surface area contributed by atoms with E-state index in [1.54, 1.807) is 31.4 Å². The number of benzene rings is 2. The van der Waals surface area contributed by atoms with Crippen LogP contribution < -0.4 is 20.3 Å². The van der Waals surface area contributed by atoms with Crippen molar-refractivity contribution in [2.24, 2.45) is 0 Å². The summed E-state index contributed by atoms with van der Waals surface area (Å²) in [7, 11) is 1.58. The molecule has 1 aliphatic rings. The number of carbonyl (C=O) groups is 2. The molecule has 0 saturated carbocycles. The standard InChI is InChI=1S/C20H23N3O3/c1-26-18-10-6-16(7-11-18)22-20(25)14-19(24)21-15-4-8-17(9-5-15)23-12-2-3-13-23/h4-11H,2-3,12-14H2,1H3,(H,21,24)(H,22,25). The second kappa shape index (κ2) is 8.38. The van der Waals surface area contributed by atoms with E-state index in [0.29, 0.717) is 17.1 Å². The first-order valence-electron chi connectivity index (χ1n) is 8.73. The van der Waals surface area contributed by atoms with E-state index in [4.69, 9.17) is 4.74 Å². The SMILES string of the molecule is COc1ccc(NC(=O)CC(=O)Nc2ccc(N3CCCC3)cc2)cc1. The van der Waals surface area contributed by atoms with E-state index in [2.05, 4.69) is 15.5 Å². The summed E-state index contributed by atoms with van der Waals surface area (Å²) in [6, 6.07) is 14.7. The molecule has 2 amide bonds. The summed E-state index contributed by atoms with van der Waals surface area (Å²) >= 11 is 0. The fraction of sp³-hybridized carbons (Fsp3) is 0.300. The average Bonchev–Trinajstić information content (AvgIpc) is 3.17. The molecule has 0 spiro atoms. The zero-order valence-electron chi connectivity index (χ0n) is 14.8. The van der Waals surface area contributed by atoms with Crippen molar-refractivity contribution in [3.63, 3.8) is 0 Å². The lowest BCUT2D eigenvalue weighted by Crippen LogP contribution is -2.21. The number of ether oxygens (including phenoxy) is 1. The molecule has 2 N–H and O–H groups in total. The monoisotopic (exact) mass is 353 g/mol. The van der Waals surface area contributed by atoms with Gasteiger partial charge >= 0.3 is 0 Å². The Morgan fingerprint density at radius 2 is 1.38 bits per heavy atom. The third-order valence-electron chi connectivity index (χ3n) is 4.32. The minimum Gasteiger partial charge on any atom is -0.497 e. The second-order valence-electron chi connectivity index (χ2n) is 6.24.